The van der Waals surface area contributed by atoms with Crippen molar-refractivity contribution in [2.45, 2.75) is 20.4 Å². The molecule has 2 rings (SSSR count). The van der Waals surface area contributed by atoms with Gasteiger partial charge in [-0.3, -0.25) is 4.79 Å². The third kappa shape index (κ3) is 2.77. The van der Waals surface area contributed by atoms with E-state index in [0.717, 1.165) is 11.4 Å². The van der Waals surface area contributed by atoms with Crippen molar-refractivity contribution in [1.82, 2.24) is 9.88 Å². The second-order valence-electron chi connectivity index (χ2n) is 4.00. The summed E-state index contributed by atoms with van der Waals surface area (Å²) >= 11 is 1.47. The maximum atomic E-state index is 11.7. The number of carbonyl (C=O) groups excluding carboxylic acids is 1. The van der Waals surface area contributed by atoms with Crippen LogP contribution in [0.4, 0.5) is 0 Å². The zero-order valence-corrected chi connectivity index (χ0v) is 10.9. The van der Waals surface area contributed by atoms with Crippen LogP contribution in [0, 0.1) is 13.8 Å². The van der Waals surface area contributed by atoms with Gasteiger partial charge >= 0.3 is 0 Å². The Morgan fingerprint density at radius 1 is 1.29 bits per heavy atom. The third-order valence-corrected chi connectivity index (χ3v) is 3.65. The molecule has 0 spiro atoms. The zero-order valence-electron chi connectivity index (χ0n) is 10.1. The maximum absolute atomic E-state index is 11.7. The van der Waals surface area contributed by atoms with Crippen molar-refractivity contribution in [2.24, 2.45) is 0 Å². The molecule has 1 N–H and O–H groups in total. The first kappa shape index (κ1) is 11.9. The Kier molecular flexibility index (Phi) is 3.64. The molecule has 0 saturated heterocycles. The van der Waals surface area contributed by atoms with E-state index >= 15 is 0 Å². The lowest BCUT2D eigenvalue weighted by molar-refractivity contribution is 0.0956. The van der Waals surface area contributed by atoms with Gasteiger partial charge in [0, 0.05) is 24.5 Å². The van der Waals surface area contributed by atoms with Gasteiger partial charge in [0.2, 0.25) is 0 Å². The SMILES string of the molecule is Cc1ccc(C)n1CCNC(=O)c1cccs1. The van der Waals surface area contributed by atoms with E-state index in [9.17, 15) is 4.79 Å². The number of amides is 1. The fourth-order valence-electron chi connectivity index (χ4n) is 1.83. The molecule has 17 heavy (non-hydrogen) atoms. The fourth-order valence-corrected chi connectivity index (χ4v) is 2.47. The summed E-state index contributed by atoms with van der Waals surface area (Å²) in [6.45, 7) is 5.64. The first-order valence-electron chi connectivity index (χ1n) is 5.63. The highest BCUT2D eigenvalue weighted by molar-refractivity contribution is 7.12. The predicted octanol–water partition coefficient (Wildman–Crippen LogP) is 2.60. The second-order valence-corrected chi connectivity index (χ2v) is 4.95. The van der Waals surface area contributed by atoms with E-state index in [-0.39, 0.29) is 5.91 Å². The van der Waals surface area contributed by atoms with Crippen molar-refractivity contribution < 1.29 is 4.79 Å². The molecule has 4 heteroatoms. The highest BCUT2D eigenvalue weighted by Gasteiger charge is 2.06. The lowest BCUT2D eigenvalue weighted by Gasteiger charge is -2.09. The number of nitrogens with one attached hydrogen (secondary N) is 1. The molecule has 0 saturated carbocycles. The van der Waals surface area contributed by atoms with Crippen molar-refractivity contribution in [3.05, 3.63) is 45.9 Å². The van der Waals surface area contributed by atoms with Gasteiger partial charge < -0.3 is 9.88 Å². The summed E-state index contributed by atoms with van der Waals surface area (Å²) in [4.78, 5) is 12.5. The summed E-state index contributed by atoms with van der Waals surface area (Å²) in [7, 11) is 0. The molecule has 0 aliphatic rings. The lowest BCUT2D eigenvalue weighted by Crippen LogP contribution is -2.27. The van der Waals surface area contributed by atoms with Crippen LogP contribution in [0.15, 0.2) is 29.6 Å². The Hall–Kier alpha value is -1.55. The van der Waals surface area contributed by atoms with Crippen molar-refractivity contribution >= 4 is 17.2 Å². The van der Waals surface area contributed by atoms with Gasteiger partial charge in [-0.1, -0.05) is 6.07 Å². The number of rotatable bonds is 4. The van der Waals surface area contributed by atoms with Crippen LogP contribution in [0.1, 0.15) is 21.1 Å². The molecule has 0 fully saturated rings. The van der Waals surface area contributed by atoms with Crippen LogP contribution in [-0.2, 0) is 6.54 Å². The van der Waals surface area contributed by atoms with Gasteiger partial charge in [0.1, 0.15) is 0 Å². The quantitative estimate of drug-likeness (QED) is 0.886. The average Bonchev–Trinajstić information content (AvgIpc) is 2.93. The number of aryl methyl sites for hydroxylation is 2. The van der Waals surface area contributed by atoms with Crippen LogP contribution in [0.3, 0.4) is 0 Å². The fraction of sp³-hybridized carbons (Fsp3) is 0.308. The van der Waals surface area contributed by atoms with E-state index < -0.39 is 0 Å². The Morgan fingerprint density at radius 2 is 2.00 bits per heavy atom. The highest BCUT2D eigenvalue weighted by atomic mass is 32.1. The van der Waals surface area contributed by atoms with Crippen molar-refractivity contribution in [3.8, 4) is 0 Å². The van der Waals surface area contributed by atoms with Gasteiger partial charge in [0.15, 0.2) is 0 Å². The lowest BCUT2D eigenvalue weighted by atomic mass is 10.4. The van der Waals surface area contributed by atoms with E-state index in [1.54, 1.807) is 0 Å². The van der Waals surface area contributed by atoms with Gasteiger partial charge in [-0.05, 0) is 37.4 Å². The van der Waals surface area contributed by atoms with Gasteiger partial charge in [-0.25, -0.2) is 0 Å². The molecule has 0 aromatic carbocycles. The van der Waals surface area contributed by atoms with Gasteiger partial charge in [0.25, 0.3) is 5.91 Å². The molecule has 2 aromatic heterocycles. The molecule has 90 valence electrons. The molecule has 0 aliphatic heterocycles. The van der Waals surface area contributed by atoms with Crippen molar-refractivity contribution in [3.63, 3.8) is 0 Å². The van der Waals surface area contributed by atoms with Crippen LogP contribution in [0.25, 0.3) is 0 Å². The van der Waals surface area contributed by atoms with E-state index in [1.807, 2.05) is 17.5 Å². The molecule has 2 heterocycles. The first-order valence-corrected chi connectivity index (χ1v) is 6.51. The number of aromatic nitrogens is 1. The number of hydrogen-bond donors (Lipinski definition) is 1. The molecule has 1 amide bonds. The van der Waals surface area contributed by atoms with Crippen LogP contribution in [0.2, 0.25) is 0 Å². The highest BCUT2D eigenvalue weighted by Crippen LogP contribution is 2.08. The monoisotopic (exact) mass is 248 g/mol. The normalized spacial score (nSPS) is 10.5. The predicted molar refractivity (Wildman–Crippen MR) is 70.6 cm³/mol. The molecule has 0 radical (unpaired) electrons. The van der Waals surface area contributed by atoms with E-state index in [0.29, 0.717) is 6.54 Å². The van der Waals surface area contributed by atoms with Gasteiger partial charge in [0.05, 0.1) is 4.88 Å². The number of carbonyl (C=O) groups is 1. The Bertz CT molecular complexity index is 480. The molecule has 0 unspecified atom stereocenters. The number of thiophene rings is 1. The standard InChI is InChI=1S/C13H16N2OS/c1-10-5-6-11(2)15(10)8-7-14-13(16)12-4-3-9-17-12/h3-6,9H,7-8H2,1-2H3,(H,14,16). The summed E-state index contributed by atoms with van der Waals surface area (Å²) < 4.78 is 2.20. The maximum Gasteiger partial charge on any atom is 0.261 e. The Morgan fingerprint density at radius 3 is 2.59 bits per heavy atom. The van der Waals surface area contributed by atoms with E-state index in [1.165, 1.54) is 22.7 Å². The molecular formula is C13H16N2OS. The molecule has 0 aliphatic carbocycles. The summed E-state index contributed by atoms with van der Waals surface area (Å²) in [6.07, 6.45) is 0. The minimum atomic E-state index is 0.0162. The van der Waals surface area contributed by atoms with E-state index in [2.05, 4.69) is 35.9 Å². The second kappa shape index (κ2) is 5.19. The van der Waals surface area contributed by atoms with Crippen LogP contribution >= 0.6 is 11.3 Å². The zero-order chi connectivity index (χ0) is 12.3. The van der Waals surface area contributed by atoms with Gasteiger partial charge in [-0.2, -0.15) is 0 Å². The Labute approximate surface area is 105 Å². The molecule has 3 nitrogen and oxygen atoms in total. The largest absolute Gasteiger partial charge is 0.350 e. The Balaban J connectivity index is 1.86. The first-order chi connectivity index (χ1) is 8.18. The number of nitrogens with zero attached hydrogens (tertiary/aromatic N) is 1. The minimum absolute atomic E-state index is 0.0162. The van der Waals surface area contributed by atoms with Gasteiger partial charge in [-0.15, -0.1) is 11.3 Å². The van der Waals surface area contributed by atoms with Crippen LogP contribution in [0.5, 0.6) is 0 Å². The smallest absolute Gasteiger partial charge is 0.261 e. The van der Waals surface area contributed by atoms with E-state index in [4.69, 9.17) is 0 Å². The molecule has 0 atom stereocenters. The summed E-state index contributed by atoms with van der Waals surface area (Å²) in [5.74, 6) is 0.0162. The van der Waals surface area contributed by atoms with Crippen molar-refractivity contribution in [2.75, 3.05) is 6.54 Å². The number of hydrogen-bond acceptors (Lipinski definition) is 2. The summed E-state index contributed by atoms with van der Waals surface area (Å²) in [5, 5.41) is 4.84. The minimum Gasteiger partial charge on any atom is -0.350 e. The summed E-state index contributed by atoms with van der Waals surface area (Å²) in [6, 6.07) is 7.92. The van der Waals surface area contributed by atoms with Crippen molar-refractivity contribution in [1.29, 1.82) is 0 Å². The third-order valence-electron chi connectivity index (χ3n) is 2.78. The molecule has 0 bridgehead atoms. The summed E-state index contributed by atoms with van der Waals surface area (Å²) in [5.41, 5.74) is 2.46. The molecular weight excluding hydrogens is 232 g/mol. The average molecular weight is 248 g/mol. The van der Waals surface area contributed by atoms with Crippen LogP contribution < -0.4 is 5.32 Å². The van der Waals surface area contributed by atoms with Crippen LogP contribution in [-0.4, -0.2) is 17.0 Å². The topological polar surface area (TPSA) is 34.0 Å². The molecule has 2 aromatic rings.